The lowest BCUT2D eigenvalue weighted by Crippen LogP contribution is -2.31. The Morgan fingerprint density at radius 3 is 0.911 bits per heavy atom. The van der Waals surface area contributed by atoms with Gasteiger partial charge in [0.05, 0.1) is 0 Å². The van der Waals surface area contributed by atoms with Gasteiger partial charge in [0.15, 0.2) is 0 Å². The molecule has 1 saturated heterocycles. The summed E-state index contributed by atoms with van der Waals surface area (Å²) in [4.78, 5) is 15.8. The molecule has 392 valence electrons. The first kappa shape index (κ1) is 52.3. The third-order valence-electron chi connectivity index (χ3n) is 17.5. The van der Waals surface area contributed by atoms with E-state index in [0.29, 0.717) is 18.6 Å². The van der Waals surface area contributed by atoms with E-state index in [4.69, 9.17) is 0 Å². The van der Waals surface area contributed by atoms with Crippen LogP contribution in [0.4, 0.5) is 0 Å². The van der Waals surface area contributed by atoms with Crippen LogP contribution in [-0.4, -0.2) is 5.78 Å². The molecule has 0 aliphatic carbocycles. The second-order valence-corrected chi connectivity index (χ2v) is 26.2. The molecule has 1 heterocycles. The maximum Gasteiger partial charge on any atom is 0.134 e. The van der Waals surface area contributed by atoms with Crippen molar-refractivity contribution in [3.63, 3.8) is 0 Å². The van der Waals surface area contributed by atoms with Crippen molar-refractivity contribution in [1.82, 2.24) is 0 Å². The summed E-state index contributed by atoms with van der Waals surface area (Å²) in [6, 6.07) is 85.5. The van der Waals surface area contributed by atoms with E-state index in [1.807, 2.05) is 0 Å². The van der Waals surface area contributed by atoms with E-state index in [1.165, 1.54) is 115 Å². The Hall–Kier alpha value is -7.44. The number of benzene rings is 11. The molecule has 4 unspecified atom stereocenters. The smallest absolute Gasteiger partial charge is 0.134 e. The Morgan fingerprint density at radius 1 is 0.329 bits per heavy atom. The van der Waals surface area contributed by atoms with E-state index >= 15 is 4.79 Å². The average Bonchev–Trinajstić information content (AvgIpc) is 3.54. The lowest BCUT2D eigenvalue weighted by atomic mass is 9.73. The summed E-state index contributed by atoms with van der Waals surface area (Å²) in [7, 11) is -1.35. The molecule has 0 bridgehead atoms. The lowest BCUT2D eigenvalue weighted by molar-refractivity contribution is -0.119. The van der Waals surface area contributed by atoms with Gasteiger partial charge in [-0.2, -0.15) is 0 Å². The molecule has 0 spiro atoms. The van der Waals surface area contributed by atoms with Crippen LogP contribution >= 0.6 is 7.92 Å². The Bertz CT molecular complexity index is 3620. The number of rotatable bonds is 13. The number of carbonyl (C=O) groups excluding carboxylic acids is 1. The van der Waals surface area contributed by atoms with Gasteiger partial charge < -0.3 is 0 Å². The minimum absolute atomic E-state index is 0.122. The molecule has 12 rings (SSSR count). The van der Waals surface area contributed by atoms with Crippen molar-refractivity contribution < 1.29 is 4.79 Å². The van der Waals surface area contributed by atoms with Crippen LogP contribution in [0.25, 0.3) is 43.1 Å². The third kappa shape index (κ3) is 9.53. The van der Waals surface area contributed by atoms with Crippen molar-refractivity contribution in [3.8, 4) is 0 Å². The summed E-state index contributed by atoms with van der Waals surface area (Å²) in [5.41, 5.74) is 16.0. The van der Waals surface area contributed by atoms with Crippen molar-refractivity contribution in [1.29, 1.82) is 0 Å². The SMILES string of the molecule is CC(C)c1cccc(C(C)C)c1C(c1ccccc1)c1cccc(C(c2ccccc2)c2c(C(C)C)cccc2C(C)C)c1P1C(c2c3ccccc3cc3ccccc23)CC(=O)CC1c1c2ccccc2cc2ccccc12. The van der Waals surface area contributed by atoms with Gasteiger partial charge in [0, 0.05) is 36.0 Å². The average molecular weight is 1050 g/mol. The number of ketones is 1. The number of Topliss-reactive ketones (excluding diaryl/α,β-unsaturated/α-hetero) is 1. The highest BCUT2D eigenvalue weighted by Crippen LogP contribution is 2.70. The molecule has 0 aromatic heterocycles. The summed E-state index contributed by atoms with van der Waals surface area (Å²) in [6.45, 7) is 19.0. The van der Waals surface area contributed by atoms with Gasteiger partial charge in [-0.15, -0.1) is 0 Å². The second kappa shape index (κ2) is 22.0. The molecule has 0 N–H and O–H groups in total. The van der Waals surface area contributed by atoms with Crippen molar-refractivity contribution in [3.05, 3.63) is 291 Å². The fourth-order valence-electron chi connectivity index (χ4n) is 14.1. The van der Waals surface area contributed by atoms with E-state index in [-0.39, 0.29) is 46.8 Å². The number of hydrogen-bond acceptors (Lipinski definition) is 1. The molecule has 1 aliphatic heterocycles. The van der Waals surface area contributed by atoms with Gasteiger partial charge in [-0.05, 0) is 151 Å². The van der Waals surface area contributed by atoms with Gasteiger partial charge in [0.2, 0.25) is 0 Å². The van der Waals surface area contributed by atoms with Gasteiger partial charge in [-0.3, -0.25) is 4.79 Å². The Morgan fingerprint density at radius 2 is 0.608 bits per heavy atom. The summed E-state index contributed by atoms with van der Waals surface area (Å²) in [5.74, 6) is 1.19. The maximum atomic E-state index is 15.8. The molecule has 1 fully saturated rings. The predicted octanol–water partition coefficient (Wildman–Crippen LogP) is 21.1. The Kier molecular flexibility index (Phi) is 14.6. The molecule has 0 radical (unpaired) electrons. The first-order valence-corrected chi connectivity index (χ1v) is 30.5. The first-order valence-electron chi connectivity index (χ1n) is 29.1. The summed E-state index contributed by atoms with van der Waals surface area (Å²) in [6.07, 6.45) is 0.921. The number of hydrogen-bond donors (Lipinski definition) is 0. The highest BCUT2D eigenvalue weighted by molar-refractivity contribution is 7.66. The quantitative estimate of drug-likeness (QED) is 0.0639. The minimum atomic E-state index is -1.35. The lowest BCUT2D eigenvalue weighted by Gasteiger charge is -2.44. The van der Waals surface area contributed by atoms with Crippen LogP contribution in [0.1, 0.15) is 182 Å². The van der Waals surface area contributed by atoms with Crippen LogP contribution in [0, 0.1) is 0 Å². The molecule has 0 amide bonds. The zero-order valence-corrected chi connectivity index (χ0v) is 48.1. The van der Waals surface area contributed by atoms with Crippen LogP contribution in [-0.2, 0) is 4.79 Å². The third-order valence-corrected chi connectivity index (χ3v) is 20.7. The van der Waals surface area contributed by atoms with E-state index in [9.17, 15) is 0 Å². The van der Waals surface area contributed by atoms with Crippen LogP contribution in [0.5, 0.6) is 0 Å². The van der Waals surface area contributed by atoms with E-state index in [1.54, 1.807) is 0 Å². The number of fused-ring (bicyclic) bond motifs is 4. The van der Waals surface area contributed by atoms with Gasteiger partial charge in [0.1, 0.15) is 5.78 Å². The molecule has 0 saturated carbocycles. The monoisotopic (exact) mass is 1040 g/mol. The van der Waals surface area contributed by atoms with Crippen molar-refractivity contribution in [2.75, 3.05) is 0 Å². The molecule has 2 heteroatoms. The molecule has 4 atom stereocenters. The normalized spacial score (nSPS) is 16.8. The highest BCUT2D eigenvalue weighted by Gasteiger charge is 2.46. The van der Waals surface area contributed by atoms with Crippen molar-refractivity contribution in [2.24, 2.45) is 0 Å². The topological polar surface area (TPSA) is 17.1 Å². The summed E-state index contributed by atoms with van der Waals surface area (Å²) < 4.78 is 0. The van der Waals surface area contributed by atoms with E-state index < -0.39 is 7.92 Å². The summed E-state index contributed by atoms with van der Waals surface area (Å²) in [5, 5.41) is 11.3. The second-order valence-electron chi connectivity index (χ2n) is 23.6. The molecule has 11 aromatic carbocycles. The highest BCUT2D eigenvalue weighted by atomic mass is 31.1. The van der Waals surface area contributed by atoms with Crippen LogP contribution in [0.3, 0.4) is 0 Å². The Balaban J connectivity index is 1.33. The molecule has 11 aromatic rings. The van der Waals surface area contributed by atoms with Gasteiger partial charge >= 0.3 is 0 Å². The van der Waals surface area contributed by atoms with Crippen LogP contribution < -0.4 is 5.30 Å². The maximum absolute atomic E-state index is 15.8. The molecule has 1 aliphatic rings. The Labute approximate surface area is 470 Å². The van der Waals surface area contributed by atoms with Crippen molar-refractivity contribution >= 4 is 62.1 Å². The standard InChI is InChI=1S/C77H73OP/c1-48(2)59-38-23-39-60(49(3)4)75(59)71(52-26-11-9-12-27-52)67-42-25-43-68(72(53-28-13-10-14-29-53)76-61(50(5)6)40-24-41-62(76)51(7)8)77(67)79-69(73-63-34-19-15-30-54(63)44-55-31-16-20-35-64(55)73)46-58(78)47-70(79)74-65-36-21-17-32-56(65)45-57-33-18-22-37-66(57)74/h9-45,48-51,69-72H,46-47H2,1-8H3. The molecule has 1 nitrogen and oxygen atoms in total. The van der Waals surface area contributed by atoms with E-state index in [2.05, 4.69) is 280 Å². The minimum Gasteiger partial charge on any atom is -0.300 e. The molecular weight excluding hydrogens is 972 g/mol. The zero-order valence-electron chi connectivity index (χ0n) is 47.3. The van der Waals surface area contributed by atoms with Gasteiger partial charge in [-0.25, -0.2) is 0 Å². The molecule has 79 heavy (non-hydrogen) atoms. The van der Waals surface area contributed by atoms with Gasteiger partial charge in [-0.1, -0.05) is 276 Å². The van der Waals surface area contributed by atoms with Gasteiger partial charge in [0.25, 0.3) is 0 Å². The predicted molar refractivity (Wildman–Crippen MR) is 340 cm³/mol. The first-order chi connectivity index (χ1) is 38.5. The van der Waals surface area contributed by atoms with Crippen molar-refractivity contribution in [2.45, 2.75) is 115 Å². The largest absolute Gasteiger partial charge is 0.300 e. The fourth-order valence-corrected chi connectivity index (χ4v) is 18.0. The molecular formula is C77H73OP. The fraction of sp³-hybridized carbons (Fsp3) is 0.234. The van der Waals surface area contributed by atoms with Crippen LogP contribution in [0.2, 0.25) is 0 Å². The van der Waals surface area contributed by atoms with Crippen LogP contribution in [0.15, 0.2) is 224 Å². The number of carbonyl (C=O) groups is 1. The summed E-state index contributed by atoms with van der Waals surface area (Å²) >= 11 is 0. The van der Waals surface area contributed by atoms with E-state index in [0.717, 1.165) is 0 Å². The zero-order chi connectivity index (χ0) is 54.5.